The summed E-state index contributed by atoms with van der Waals surface area (Å²) in [6, 6.07) is 5.05. The van der Waals surface area contributed by atoms with E-state index < -0.39 is 11.6 Å². The monoisotopic (exact) mass is 413 g/mol. The molecule has 1 aromatic carbocycles. The van der Waals surface area contributed by atoms with Gasteiger partial charge in [-0.3, -0.25) is 0 Å². The molecule has 158 valence electrons. The van der Waals surface area contributed by atoms with Gasteiger partial charge in [0.1, 0.15) is 11.6 Å². The summed E-state index contributed by atoms with van der Waals surface area (Å²) in [4.78, 5) is 2.52. The van der Waals surface area contributed by atoms with Crippen molar-refractivity contribution >= 4 is 12.6 Å². The molecule has 2 atom stereocenters. The SMILES string of the molecule is CC(C)CS.Fc1ccc(F)cc1.NC1COCC(N2CCC3=C2CNC3)C1. The van der Waals surface area contributed by atoms with E-state index in [0.717, 1.165) is 68.7 Å². The number of hydrogen-bond donors (Lipinski definition) is 3. The fourth-order valence-corrected chi connectivity index (χ4v) is 3.38. The van der Waals surface area contributed by atoms with E-state index in [1.54, 1.807) is 5.57 Å². The highest BCUT2D eigenvalue weighted by Crippen LogP contribution is 2.29. The van der Waals surface area contributed by atoms with Crippen LogP contribution in [0.3, 0.4) is 0 Å². The topological polar surface area (TPSA) is 50.5 Å². The molecule has 2 unspecified atom stereocenters. The summed E-state index contributed by atoms with van der Waals surface area (Å²) in [6.07, 6.45) is 2.31. The molecule has 0 aromatic heterocycles. The lowest BCUT2D eigenvalue weighted by molar-refractivity contribution is 0.0216. The van der Waals surface area contributed by atoms with Crippen LogP contribution < -0.4 is 11.1 Å². The molecule has 4 rings (SSSR count). The number of nitrogens with zero attached hydrogens (tertiary/aromatic N) is 1. The Balaban J connectivity index is 0.000000182. The van der Waals surface area contributed by atoms with Gasteiger partial charge in [0.2, 0.25) is 0 Å². The van der Waals surface area contributed by atoms with Crippen LogP contribution in [0.4, 0.5) is 8.78 Å². The van der Waals surface area contributed by atoms with Crippen molar-refractivity contribution in [2.24, 2.45) is 11.7 Å². The lowest BCUT2D eigenvalue weighted by atomic mass is 10.0. The van der Waals surface area contributed by atoms with E-state index in [-0.39, 0.29) is 6.04 Å². The summed E-state index contributed by atoms with van der Waals surface area (Å²) in [5.74, 6) is 0.927. The van der Waals surface area contributed by atoms with Crippen LogP contribution in [0.5, 0.6) is 0 Å². The third-order valence-electron chi connectivity index (χ3n) is 4.87. The van der Waals surface area contributed by atoms with Gasteiger partial charge in [0.25, 0.3) is 0 Å². The Labute approximate surface area is 172 Å². The number of nitrogens with two attached hydrogens (primary N) is 1. The molecule has 4 nitrogen and oxygen atoms in total. The van der Waals surface area contributed by atoms with Crippen molar-refractivity contribution < 1.29 is 13.5 Å². The molecule has 0 bridgehead atoms. The minimum Gasteiger partial charge on any atom is -0.378 e. The second-order valence-corrected chi connectivity index (χ2v) is 8.16. The first-order chi connectivity index (χ1) is 13.4. The van der Waals surface area contributed by atoms with Gasteiger partial charge in [-0.15, -0.1) is 0 Å². The molecule has 7 heteroatoms. The summed E-state index contributed by atoms with van der Waals surface area (Å²) < 4.78 is 29.4. The van der Waals surface area contributed by atoms with Crippen LogP contribution in [0.2, 0.25) is 0 Å². The fourth-order valence-electron chi connectivity index (χ4n) is 3.38. The van der Waals surface area contributed by atoms with Gasteiger partial charge >= 0.3 is 0 Å². The summed E-state index contributed by atoms with van der Waals surface area (Å²) in [5.41, 5.74) is 9.08. The minimum absolute atomic E-state index is 0.225. The Morgan fingerprint density at radius 1 is 1.18 bits per heavy atom. The van der Waals surface area contributed by atoms with Crippen molar-refractivity contribution in [3.63, 3.8) is 0 Å². The van der Waals surface area contributed by atoms with Gasteiger partial charge in [0, 0.05) is 31.4 Å². The molecule has 1 aromatic rings. The third-order valence-corrected chi connectivity index (χ3v) is 5.60. The lowest BCUT2D eigenvalue weighted by Gasteiger charge is -2.36. The van der Waals surface area contributed by atoms with Crippen LogP contribution in [0.15, 0.2) is 35.5 Å². The van der Waals surface area contributed by atoms with E-state index in [9.17, 15) is 8.78 Å². The number of thiol groups is 1. The average molecular weight is 414 g/mol. The third kappa shape index (κ3) is 7.35. The highest BCUT2D eigenvalue weighted by atomic mass is 32.1. The van der Waals surface area contributed by atoms with Crippen molar-refractivity contribution in [1.29, 1.82) is 0 Å². The van der Waals surface area contributed by atoms with Crippen molar-refractivity contribution in [2.45, 2.75) is 38.8 Å². The standard InChI is InChI=1S/C11H19N3O.C6H4F2.C4H10S/c12-9-3-10(7-15-6-9)14-2-1-8-4-13-5-11(8)14;7-5-1-2-6(8)4-3-5;1-4(2)3-5/h9-10,13H,1-7,12H2;1-4H;4-5H,3H2,1-2H3. The largest absolute Gasteiger partial charge is 0.378 e. The van der Waals surface area contributed by atoms with Crippen LogP contribution in [0.25, 0.3) is 0 Å². The maximum Gasteiger partial charge on any atom is 0.123 e. The van der Waals surface area contributed by atoms with E-state index in [2.05, 4.69) is 36.7 Å². The van der Waals surface area contributed by atoms with Gasteiger partial charge in [-0.1, -0.05) is 13.8 Å². The van der Waals surface area contributed by atoms with Gasteiger partial charge in [0.05, 0.1) is 19.3 Å². The molecule has 3 N–H and O–H groups in total. The van der Waals surface area contributed by atoms with E-state index in [0.29, 0.717) is 6.04 Å². The van der Waals surface area contributed by atoms with Crippen molar-refractivity contribution in [1.82, 2.24) is 10.2 Å². The Hall–Kier alpha value is -1.15. The number of nitrogens with one attached hydrogen (secondary N) is 1. The van der Waals surface area contributed by atoms with E-state index in [1.807, 2.05) is 0 Å². The number of halogens is 2. The molecule has 0 radical (unpaired) electrons. The molecule has 0 aliphatic carbocycles. The second kappa shape index (κ2) is 11.8. The zero-order chi connectivity index (χ0) is 20.5. The number of rotatable bonds is 2. The number of ether oxygens (including phenoxy) is 1. The minimum atomic E-state index is -0.411. The predicted octanol–water partition coefficient (Wildman–Crippen LogP) is 3.20. The molecule has 0 saturated carbocycles. The summed E-state index contributed by atoms with van der Waals surface area (Å²) >= 11 is 4.02. The Kier molecular flexibility index (Phi) is 9.71. The Morgan fingerprint density at radius 2 is 1.79 bits per heavy atom. The average Bonchev–Trinajstić information content (AvgIpc) is 3.29. The van der Waals surface area contributed by atoms with Crippen LogP contribution in [0.1, 0.15) is 26.7 Å². The van der Waals surface area contributed by atoms with Crippen LogP contribution in [-0.4, -0.2) is 55.6 Å². The van der Waals surface area contributed by atoms with E-state index >= 15 is 0 Å². The zero-order valence-electron chi connectivity index (χ0n) is 16.8. The highest BCUT2D eigenvalue weighted by molar-refractivity contribution is 7.80. The molecule has 0 spiro atoms. The van der Waals surface area contributed by atoms with Gasteiger partial charge in [0.15, 0.2) is 0 Å². The maximum absolute atomic E-state index is 11.9. The first-order valence-electron chi connectivity index (χ1n) is 9.94. The molecule has 0 amide bonds. The first kappa shape index (κ1) is 23.1. The van der Waals surface area contributed by atoms with Crippen molar-refractivity contribution in [3.05, 3.63) is 47.2 Å². The van der Waals surface area contributed by atoms with Gasteiger partial charge < -0.3 is 20.7 Å². The van der Waals surface area contributed by atoms with Gasteiger partial charge in [-0.05, 0) is 54.4 Å². The van der Waals surface area contributed by atoms with Crippen LogP contribution >= 0.6 is 12.6 Å². The quantitative estimate of drug-likeness (QED) is 0.652. The van der Waals surface area contributed by atoms with Gasteiger partial charge in [-0.2, -0.15) is 12.6 Å². The number of benzene rings is 1. The smallest absolute Gasteiger partial charge is 0.123 e. The molecule has 3 aliphatic heterocycles. The van der Waals surface area contributed by atoms with E-state index in [4.69, 9.17) is 10.5 Å². The van der Waals surface area contributed by atoms with Crippen molar-refractivity contribution in [3.8, 4) is 0 Å². The second-order valence-electron chi connectivity index (χ2n) is 7.80. The zero-order valence-corrected chi connectivity index (χ0v) is 17.7. The Morgan fingerprint density at radius 3 is 2.32 bits per heavy atom. The lowest BCUT2D eigenvalue weighted by Crippen LogP contribution is -2.47. The molecule has 28 heavy (non-hydrogen) atoms. The first-order valence-corrected chi connectivity index (χ1v) is 10.6. The van der Waals surface area contributed by atoms with E-state index in [1.165, 1.54) is 18.7 Å². The summed E-state index contributed by atoms with van der Waals surface area (Å²) in [6.45, 7) is 9.18. The molecule has 1 saturated heterocycles. The fraction of sp³-hybridized carbons (Fsp3) is 0.619. The Bertz CT molecular complexity index is 604. The predicted molar refractivity (Wildman–Crippen MR) is 113 cm³/mol. The highest BCUT2D eigenvalue weighted by Gasteiger charge is 2.33. The number of hydrogen-bond acceptors (Lipinski definition) is 5. The molecular weight excluding hydrogens is 380 g/mol. The molecule has 3 heterocycles. The van der Waals surface area contributed by atoms with Crippen LogP contribution in [0, 0.1) is 17.6 Å². The molecular formula is C21H33F2N3OS. The molecule has 3 aliphatic rings. The normalized spacial score (nSPS) is 23.8. The van der Waals surface area contributed by atoms with Gasteiger partial charge in [-0.25, -0.2) is 8.78 Å². The summed E-state index contributed by atoms with van der Waals surface area (Å²) in [7, 11) is 0. The summed E-state index contributed by atoms with van der Waals surface area (Å²) in [5, 5.41) is 3.42. The molecule has 1 fully saturated rings. The van der Waals surface area contributed by atoms with Crippen LogP contribution in [-0.2, 0) is 4.74 Å². The maximum atomic E-state index is 11.9. The van der Waals surface area contributed by atoms with Crippen molar-refractivity contribution in [2.75, 3.05) is 38.6 Å².